The van der Waals surface area contributed by atoms with Gasteiger partial charge in [-0.1, -0.05) is 17.4 Å². The molecule has 1 amide bonds. The SMILES string of the molecule is COc1ccc(SCCC(=O)N2CCN(c3nc4c(F)cccc4s3)CC2)cc1. The summed E-state index contributed by atoms with van der Waals surface area (Å²) in [5.74, 6) is 1.48. The molecule has 1 aliphatic heterocycles. The van der Waals surface area contributed by atoms with Crippen molar-refractivity contribution in [3.63, 3.8) is 0 Å². The van der Waals surface area contributed by atoms with Crippen molar-refractivity contribution in [1.29, 1.82) is 0 Å². The average molecular weight is 432 g/mol. The second kappa shape index (κ2) is 9.00. The minimum Gasteiger partial charge on any atom is -0.497 e. The molecule has 3 aromatic rings. The number of methoxy groups -OCH3 is 1. The maximum absolute atomic E-state index is 13.9. The third kappa shape index (κ3) is 4.64. The molecule has 8 heteroatoms. The molecule has 1 saturated heterocycles. The monoisotopic (exact) mass is 431 g/mol. The first-order chi connectivity index (χ1) is 14.1. The lowest BCUT2D eigenvalue weighted by molar-refractivity contribution is -0.131. The quantitative estimate of drug-likeness (QED) is 0.546. The van der Waals surface area contributed by atoms with Gasteiger partial charge in [0.1, 0.15) is 17.1 Å². The van der Waals surface area contributed by atoms with Crippen LogP contribution in [0.2, 0.25) is 0 Å². The van der Waals surface area contributed by atoms with Crippen LogP contribution in [-0.4, -0.2) is 54.8 Å². The Hall–Kier alpha value is -2.32. The lowest BCUT2D eigenvalue weighted by atomic mass is 10.3. The first-order valence-electron chi connectivity index (χ1n) is 9.48. The second-order valence-electron chi connectivity index (χ2n) is 6.72. The van der Waals surface area contributed by atoms with Crippen LogP contribution in [0.25, 0.3) is 10.2 Å². The van der Waals surface area contributed by atoms with Crippen molar-refractivity contribution in [2.24, 2.45) is 0 Å². The lowest BCUT2D eigenvalue weighted by Crippen LogP contribution is -2.48. The predicted molar refractivity (Wildman–Crippen MR) is 117 cm³/mol. The van der Waals surface area contributed by atoms with Crippen LogP contribution in [0.4, 0.5) is 9.52 Å². The van der Waals surface area contributed by atoms with Crippen LogP contribution in [0.5, 0.6) is 5.75 Å². The van der Waals surface area contributed by atoms with Crippen LogP contribution in [0, 0.1) is 5.82 Å². The van der Waals surface area contributed by atoms with E-state index < -0.39 is 0 Å². The molecule has 0 bridgehead atoms. The van der Waals surface area contributed by atoms with Gasteiger partial charge in [0.05, 0.1) is 11.8 Å². The van der Waals surface area contributed by atoms with Crippen molar-refractivity contribution in [3.05, 3.63) is 48.3 Å². The van der Waals surface area contributed by atoms with E-state index in [0.29, 0.717) is 25.0 Å². The molecule has 0 spiro atoms. The van der Waals surface area contributed by atoms with E-state index in [1.54, 1.807) is 24.9 Å². The number of anilines is 1. The number of benzene rings is 2. The van der Waals surface area contributed by atoms with Crippen LogP contribution < -0.4 is 9.64 Å². The predicted octanol–water partition coefficient (Wildman–Crippen LogP) is 4.28. The van der Waals surface area contributed by atoms with Crippen LogP contribution in [0.3, 0.4) is 0 Å². The normalized spacial score (nSPS) is 14.4. The van der Waals surface area contributed by atoms with Gasteiger partial charge < -0.3 is 14.5 Å². The number of nitrogens with zero attached hydrogens (tertiary/aromatic N) is 3. The van der Waals surface area contributed by atoms with E-state index in [9.17, 15) is 9.18 Å². The standard InChI is InChI=1S/C21H22FN3O2S2/c1-27-15-5-7-16(8-6-15)28-14-9-19(26)24-10-12-25(13-11-24)21-23-20-17(22)3-2-4-18(20)29-21/h2-8H,9-14H2,1H3. The molecule has 0 aliphatic carbocycles. The summed E-state index contributed by atoms with van der Waals surface area (Å²) in [5, 5.41) is 0.826. The van der Waals surface area contributed by atoms with Gasteiger partial charge in [-0.2, -0.15) is 0 Å². The van der Waals surface area contributed by atoms with Gasteiger partial charge >= 0.3 is 0 Å². The van der Waals surface area contributed by atoms with Crippen molar-refractivity contribution in [2.45, 2.75) is 11.3 Å². The smallest absolute Gasteiger partial charge is 0.223 e. The molecule has 152 valence electrons. The number of ether oxygens (including phenoxy) is 1. The average Bonchev–Trinajstić information content (AvgIpc) is 3.20. The third-order valence-corrected chi connectivity index (χ3v) is 7.00. The first kappa shape index (κ1) is 20.0. The number of para-hydroxylation sites is 1. The molecular formula is C21H22FN3O2S2. The molecule has 0 unspecified atom stereocenters. The van der Waals surface area contributed by atoms with Crippen LogP contribution >= 0.6 is 23.1 Å². The Bertz CT molecular complexity index is 985. The molecule has 0 radical (unpaired) electrons. The number of thioether (sulfide) groups is 1. The minimum atomic E-state index is -0.284. The summed E-state index contributed by atoms with van der Waals surface area (Å²) >= 11 is 3.18. The van der Waals surface area contributed by atoms with Gasteiger partial charge in [-0.25, -0.2) is 9.37 Å². The Morgan fingerprint density at radius 3 is 2.62 bits per heavy atom. The summed E-state index contributed by atoms with van der Waals surface area (Å²) < 4.78 is 19.9. The molecule has 2 heterocycles. The molecule has 1 fully saturated rings. The zero-order valence-electron chi connectivity index (χ0n) is 16.1. The fraction of sp³-hybridized carbons (Fsp3) is 0.333. The highest BCUT2D eigenvalue weighted by Crippen LogP contribution is 2.30. The minimum absolute atomic E-state index is 0.181. The highest BCUT2D eigenvalue weighted by atomic mass is 32.2. The molecule has 4 rings (SSSR count). The zero-order valence-corrected chi connectivity index (χ0v) is 17.8. The van der Waals surface area contributed by atoms with E-state index in [4.69, 9.17) is 4.74 Å². The van der Waals surface area contributed by atoms with Gasteiger partial charge in [0, 0.05) is 43.2 Å². The van der Waals surface area contributed by atoms with Crippen molar-refractivity contribution < 1.29 is 13.9 Å². The largest absolute Gasteiger partial charge is 0.497 e. The van der Waals surface area contributed by atoms with E-state index in [0.717, 1.165) is 39.3 Å². The van der Waals surface area contributed by atoms with Gasteiger partial charge in [-0.05, 0) is 36.4 Å². The van der Waals surface area contributed by atoms with E-state index >= 15 is 0 Å². The number of hydrogen-bond acceptors (Lipinski definition) is 6. The number of hydrogen-bond donors (Lipinski definition) is 0. The van der Waals surface area contributed by atoms with Crippen LogP contribution in [0.15, 0.2) is 47.4 Å². The zero-order chi connectivity index (χ0) is 20.2. The molecule has 5 nitrogen and oxygen atoms in total. The topological polar surface area (TPSA) is 45.7 Å². The summed E-state index contributed by atoms with van der Waals surface area (Å²) in [6.07, 6.45) is 0.517. The molecule has 1 aliphatic rings. The highest BCUT2D eigenvalue weighted by Gasteiger charge is 2.23. The Morgan fingerprint density at radius 2 is 1.93 bits per heavy atom. The van der Waals surface area contributed by atoms with Crippen LogP contribution in [-0.2, 0) is 4.79 Å². The first-order valence-corrected chi connectivity index (χ1v) is 11.3. The Labute approximate surface area is 177 Å². The van der Waals surface area contributed by atoms with Gasteiger partial charge in [0.2, 0.25) is 5.91 Å². The summed E-state index contributed by atoms with van der Waals surface area (Å²) in [5.41, 5.74) is 0.432. The van der Waals surface area contributed by atoms with E-state index in [2.05, 4.69) is 9.88 Å². The van der Waals surface area contributed by atoms with Crippen molar-refractivity contribution in [1.82, 2.24) is 9.88 Å². The number of aromatic nitrogens is 1. The molecule has 0 saturated carbocycles. The Balaban J connectivity index is 1.26. The number of thiazole rings is 1. The number of fused-ring (bicyclic) bond motifs is 1. The summed E-state index contributed by atoms with van der Waals surface area (Å²) in [6.45, 7) is 2.78. The second-order valence-corrected chi connectivity index (χ2v) is 8.90. The Morgan fingerprint density at radius 1 is 1.17 bits per heavy atom. The molecule has 0 atom stereocenters. The third-order valence-electron chi connectivity index (χ3n) is 4.91. The molecule has 0 N–H and O–H groups in total. The van der Waals surface area contributed by atoms with Gasteiger partial charge in [0.15, 0.2) is 5.13 Å². The van der Waals surface area contributed by atoms with Gasteiger partial charge in [-0.15, -0.1) is 11.8 Å². The summed E-state index contributed by atoms with van der Waals surface area (Å²) in [4.78, 5) is 22.2. The number of halogens is 1. The Kier molecular flexibility index (Phi) is 6.20. The molecular weight excluding hydrogens is 409 g/mol. The number of carbonyl (C=O) groups excluding carboxylic acids is 1. The van der Waals surface area contributed by atoms with Gasteiger partial charge in [0.25, 0.3) is 0 Å². The van der Waals surface area contributed by atoms with Crippen molar-refractivity contribution >= 4 is 44.4 Å². The fourth-order valence-corrected chi connectivity index (χ4v) is 5.14. The maximum atomic E-state index is 13.9. The van der Waals surface area contributed by atoms with Crippen LogP contribution in [0.1, 0.15) is 6.42 Å². The van der Waals surface area contributed by atoms with E-state index in [1.807, 2.05) is 35.2 Å². The number of rotatable bonds is 6. The summed E-state index contributed by atoms with van der Waals surface area (Å²) in [7, 11) is 1.65. The lowest BCUT2D eigenvalue weighted by Gasteiger charge is -2.34. The molecule has 29 heavy (non-hydrogen) atoms. The van der Waals surface area contributed by atoms with Crippen molar-refractivity contribution in [2.75, 3.05) is 43.9 Å². The summed E-state index contributed by atoms with van der Waals surface area (Å²) in [6, 6.07) is 12.9. The number of carbonyl (C=O) groups is 1. The maximum Gasteiger partial charge on any atom is 0.223 e. The van der Waals surface area contributed by atoms with E-state index in [1.165, 1.54) is 17.4 Å². The van der Waals surface area contributed by atoms with E-state index in [-0.39, 0.29) is 11.7 Å². The fourth-order valence-electron chi connectivity index (χ4n) is 3.27. The van der Waals surface area contributed by atoms with Crippen molar-refractivity contribution in [3.8, 4) is 5.75 Å². The highest BCUT2D eigenvalue weighted by molar-refractivity contribution is 7.99. The number of amides is 1. The number of piperazine rings is 1. The molecule has 1 aromatic heterocycles. The van der Waals surface area contributed by atoms with Gasteiger partial charge in [-0.3, -0.25) is 4.79 Å². The molecule has 2 aromatic carbocycles.